The van der Waals surface area contributed by atoms with E-state index in [-0.39, 0.29) is 22.9 Å². The van der Waals surface area contributed by atoms with Gasteiger partial charge in [-0.25, -0.2) is 0 Å². The zero-order chi connectivity index (χ0) is 27.8. The zero-order valence-corrected chi connectivity index (χ0v) is 23.0. The first kappa shape index (κ1) is 26.0. The fourth-order valence-corrected chi connectivity index (χ4v) is 6.09. The third-order valence-electron chi connectivity index (χ3n) is 6.78. The summed E-state index contributed by atoms with van der Waals surface area (Å²) in [4.78, 5) is 27.7. The van der Waals surface area contributed by atoms with Crippen LogP contribution in [0, 0.1) is 39.0 Å². The number of benzene rings is 3. The van der Waals surface area contributed by atoms with Crippen LogP contribution >= 0.6 is 11.3 Å². The number of hydrogen-bond acceptors (Lipinski definition) is 5. The number of rotatable bonds is 4. The molecule has 194 valence electrons. The maximum Gasteiger partial charge on any atom is 0.274 e. The molecule has 1 aliphatic heterocycles. The third-order valence-corrected chi connectivity index (χ3v) is 7.89. The van der Waals surface area contributed by atoms with Crippen LogP contribution in [0.1, 0.15) is 39.3 Å². The first-order chi connectivity index (χ1) is 18.7. The number of aromatic nitrogens is 1. The van der Waals surface area contributed by atoms with Crippen LogP contribution in [0.15, 0.2) is 77.1 Å². The first-order valence-electron chi connectivity index (χ1n) is 12.6. The molecular weight excluding hydrogens is 504 g/mol. The van der Waals surface area contributed by atoms with E-state index < -0.39 is 5.92 Å². The second-order valence-electron chi connectivity index (χ2n) is 9.97. The summed E-state index contributed by atoms with van der Waals surface area (Å²) >= 11 is 1.21. The molecule has 6 nitrogen and oxygen atoms in total. The smallest absolute Gasteiger partial charge is 0.274 e. The fraction of sp³-hybridized carbons (Fsp3) is 0.156. The van der Waals surface area contributed by atoms with Crippen LogP contribution in [0.3, 0.4) is 0 Å². The summed E-state index contributed by atoms with van der Waals surface area (Å²) in [6.07, 6.45) is 1.79. The van der Waals surface area contributed by atoms with Crippen molar-refractivity contribution in [2.24, 2.45) is 5.73 Å². The number of hydrogen-bond donors (Lipinski definition) is 2. The van der Waals surface area contributed by atoms with Gasteiger partial charge in [-0.3, -0.25) is 14.2 Å². The van der Waals surface area contributed by atoms with E-state index in [0.717, 1.165) is 33.4 Å². The average molecular weight is 533 g/mol. The summed E-state index contributed by atoms with van der Waals surface area (Å²) in [6, 6.07) is 23.5. The Hall–Kier alpha value is -4.67. The molecule has 0 saturated heterocycles. The molecule has 3 N–H and O–H groups in total. The number of anilines is 1. The summed E-state index contributed by atoms with van der Waals surface area (Å²) in [5.41, 5.74) is 13.1. The van der Waals surface area contributed by atoms with Crippen LogP contribution in [0.5, 0.6) is 0 Å². The van der Waals surface area contributed by atoms with Crippen molar-refractivity contribution in [3.8, 4) is 6.07 Å². The Morgan fingerprint density at radius 3 is 2.13 bits per heavy atom. The molecule has 1 unspecified atom stereocenters. The molecule has 3 aromatic carbocycles. The highest BCUT2D eigenvalue weighted by Crippen LogP contribution is 2.36. The number of nitriles is 1. The molecule has 1 aliphatic rings. The highest BCUT2D eigenvalue weighted by Gasteiger charge is 2.35. The number of allylic oxidation sites excluding steroid dienone is 1. The SMILES string of the molecule is Cc1ccc(/C=c2\sc3n(c2=O)C(N)=C(C#N)C(c2ccc(C)cc2)C=3C(=O)Nc2cc(C)cc(C)c2)cc1. The highest BCUT2D eigenvalue weighted by atomic mass is 32.1. The molecule has 0 fully saturated rings. The molecule has 4 aromatic rings. The number of thiazole rings is 1. The first-order valence-corrected chi connectivity index (χ1v) is 13.4. The van der Waals surface area contributed by atoms with Crippen LogP contribution in [-0.2, 0) is 4.79 Å². The minimum atomic E-state index is -0.730. The van der Waals surface area contributed by atoms with E-state index in [1.165, 1.54) is 15.9 Å². The van der Waals surface area contributed by atoms with Gasteiger partial charge in [0.2, 0.25) is 0 Å². The Morgan fingerprint density at radius 1 is 0.949 bits per heavy atom. The number of nitrogens with two attached hydrogens (primary N) is 1. The largest absolute Gasteiger partial charge is 0.384 e. The lowest BCUT2D eigenvalue weighted by molar-refractivity contribution is -0.111. The molecule has 0 spiro atoms. The monoisotopic (exact) mass is 532 g/mol. The van der Waals surface area contributed by atoms with E-state index in [4.69, 9.17) is 5.73 Å². The minimum Gasteiger partial charge on any atom is -0.384 e. The lowest BCUT2D eigenvalue weighted by Gasteiger charge is -2.25. The Labute approximate surface area is 230 Å². The number of nitrogens with zero attached hydrogens (tertiary/aromatic N) is 2. The summed E-state index contributed by atoms with van der Waals surface area (Å²) in [6.45, 7) is 7.90. The molecule has 1 amide bonds. The molecule has 5 rings (SSSR count). The van der Waals surface area contributed by atoms with Gasteiger partial charge in [-0.2, -0.15) is 5.26 Å². The zero-order valence-electron chi connectivity index (χ0n) is 22.2. The number of nitrogens with one attached hydrogen (secondary N) is 1. The van der Waals surface area contributed by atoms with Crippen LogP contribution in [-0.4, -0.2) is 10.5 Å². The molecule has 1 aromatic heterocycles. The van der Waals surface area contributed by atoms with Gasteiger partial charge in [-0.15, -0.1) is 11.3 Å². The predicted molar refractivity (Wildman–Crippen MR) is 157 cm³/mol. The molecule has 2 heterocycles. The van der Waals surface area contributed by atoms with Gasteiger partial charge >= 0.3 is 0 Å². The average Bonchev–Trinajstić information content (AvgIpc) is 3.20. The van der Waals surface area contributed by atoms with Crippen molar-refractivity contribution in [1.82, 2.24) is 4.57 Å². The Balaban J connectivity index is 1.80. The van der Waals surface area contributed by atoms with Crippen molar-refractivity contribution in [2.75, 3.05) is 5.32 Å². The number of fused-ring (bicyclic) bond motifs is 1. The van der Waals surface area contributed by atoms with E-state index in [2.05, 4.69) is 11.4 Å². The van der Waals surface area contributed by atoms with Crippen LogP contribution in [0.4, 0.5) is 5.69 Å². The standard InChI is InChI=1S/C32H28N4O2S/c1-18-5-9-22(10-6-18)16-26-31(38)36-29(34)25(17-33)27(23-11-7-19(2)8-12-23)28(32(36)39-26)30(37)35-24-14-20(3)13-21(4)15-24/h5-16,27H,34H2,1-4H3,(H,35,37)/b26-16-. The van der Waals surface area contributed by atoms with Crippen molar-refractivity contribution >= 4 is 40.4 Å². The predicted octanol–water partition coefficient (Wildman–Crippen LogP) is 4.21. The maximum absolute atomic E-state index is 14.0. The van der Waals surface area contributed by atoms with E-state index >= 15 is 0 Å². The summed E-state index contributed by atoms with van der Waals surface area (Å²) in [7, 11) is 0. The number of carbonyl (C=O) groups is 1. The van der Waals surface area contributed by atoms with Crippen molar-refractivity contribution in [2.45, 2.75) is 33.6 Å². The Bertz CT molecular complexity index is 1850. The van der Waals surface area contributed by atoms with E-state index in [0.29, 0.717) is 20.5 Å². The van der Waals surface area contributed by atoms with Crippen molar-refractivity contribution < 1.29 is 4.79 Å². The molecule has 0 saturated carbocycles. The van der Waals surface area contributed by atoms with Crippen LogP contribution < -0.4 is 25.8 Å². The van der Waals surface area contributed by atoms with Gasteiger partial charge in [0.1, 0.15) is 10.5 Å². The van der Waals surface area contributed by atoms with Gasteiger partial charge in [-0.1, -0.05) is 65.7 Å². The van der Waals surface area contributed by atoms with Gasteiger partial charge in [0.15, 0.2) is 0 Å². The summed E-state index contributed by atoms with van der Waals surface area (Å²) < 4.78 is 2.15. The van der Waals surface area contributed by atoms with E-state index in [9.17, 15) is 14.9 Å². The molecule has 0 bridgehead atoms. The fourth-order valence-electron chi connectivity index (χ4n) is 4.92. The number of aryl methyl sites for hydroxylation is 4. The molecule has 1 atom stereocenters. The Kier molecular flexibility index (Phi) is 6.81. The maximum atomic E-state index is 14.0. The second-order valence-corrected chi connectivity index (χ2v) is 11.0. The van der Waals surface area contributed by atoms with Crippen LogP contribution in [0.2, 0.25) is 0 Å². The summed E-state index contributed by atoms with van der Waals surface area (Å²) in [5, 5.41) is 13.3. The Morgan fingerprint density at radius 2 is 1.54 bits per heavy atom. The molecular formula is C32H28N4O2S. The van der Waals surface area contributed by atoms with E-state index in [1.807, 2.05) is 94.4 Å². The van der Waals surface area contributed by atoms with Gasteiger partial charge in [0, 0.05) is 5.69 Å². The van der Waals surface area contributed by atoms with Crippen molar-refractivity contribution in [3.05, 3.63) is 125 Å². The lowest BCUT2D eigenvalue weighted by atomic mass is 9.83. The molecule has 0 aliphatic carbocycles. The van der Waals surface area contributed by atoms with Gasteiger partial charge in [0.25, 0.3) is 11.5 Å². The van der Waals surface area contributed by atoms with Gasteiger partial charge < -0.3 is 11.1 Å². The lowest BCUT2D eigenvalue weighted by Crippen LogP contribution is -2.40. The number of carbonyl (C=O) groups excluding carboxylic acids is 1. The van der Waals surface area contributed by atoms with Crippen molar-refractivity contribution in [1.29, 1.82) is 5.26 Å². The van der Waals surface area contributed by atoms with Gasteiger partial charge in [-0.05, 0) is 68.2 Å². The highest BCUT2D eigenvalue weighted by molar-refractivity contribution is 7.07. The topological polar surface area (TPSA) is 101 Å². The second kappa shape index (κ2) is 10.2. The summed E-state index contributed by atoms with van der Waals surface area (Å²) in [5.74, 6) is -1.07. The third kappa shape index (κ3) is 4.95. The van der Waals surface area contributed by atoms with Crippen LogP contribution in [0.25, 0.3) is 17.5 Å². The van der Waals surface area contributed by atoms with Crippen molar-refractivity contribution in [3.63, 3.8) is 0 Å². The normalized spacial score (nSPS) is 15.2. The molecule has 0 radical (unpaired) electrons. The molecule has 7 heteroatoms. The number of amides is 1. The van der Waals surface area contributed by atoms with Gasteiger partial charge in [0.05, 0.1) is 27.7 Å². The quantitative estimate of drug-likeness (QED) is 0.411. The van der Waals surface area contributed by atoms with E-state index in [1.54, 1.807) is 6.08 Å². The minimum absolute atomic E-state index is 0.0471. The molecule has 39 heavy (non-hydrogen) atoms.